The lowest BCUT2D eigenvalue weighted by Gasteiger charge is -2.24. The number of carbonyl (C=O) groups is 1. The van der Waals surface area contributed by atoms with Crippen molar-refractivity contribution in [3.8, 4) is 0 Å². The van der Waals surface area contributed by atoms with Crippen LogP contribution in [0, 0.1) is 11.8 Å². The van der Waals surface area contributed by atoms with Crippen molar-refractivity contribution in [1.29, 1.82) is 0 Å². The molecular formula is C22H37IN4O. The standard InChI is InChI=1S/C22H36N4O.HI/c1-6-18(7-2)20-12-14-26(16-20)22(23-3)24-13-11-17-9-8-10-19(15-17)21(27)25(4)5;/h8-10,15,18,20H,6-7,11-14,16H2,1-5H3,(H,23,24);1H. The van der Waals surface area contributed by atoms with Gasteiger partial charge in [0.05, 0.1) is 0 Å². The Morgan fingerprint density at radius 2 is 2.04 bits per heavy atom. The summed E-state index contributed by atoms with van der Waals surface area (Å²) >= 11 is 0. The lowest BCUT2D eigenvalue weighted by molar-refractivity contribution is 0.0827. The van der Waals surface area contributed by atoms with Crippen LogP contribution in [0.4, 0.5) is 0 Å². The third-order valence-corrected chi connectivity index (χ3v) is 5.73. The number of halogens is 1. The second-order valence-corrected chi connectivity index (χ2v) is 7.70. The van der Waals surface area contributed by atoms with E-state index in [-0.39, 0.29) is 29.9 Å². The summed E-state index contributed by atoms with van der Waals surface area (Å²) in [5.74, 6) is 2.66. The van der Waals surface area contributed by atoms with E-state index in [0.717, 1.165) is 49.4 Å². The zero-order valence-electron chi connectivity index (χ0n) is 18.1. The maximum absolute atomic E-state index is 12.1. The van der Waals surface area contributed by atoms with Crippen LogP contribution in [0.2, 0.25) is 0 Å². The van der Waals surface area contributed by atoms with Crippen LogP contribution >= 0.6 is 24.0 Å². The van der Waals surface area contributed by atoms with Gasteiger partial charge in [-0.15, -0.1) is 24.0 Å². The molecule has 0 bridgehead atoms. The molecule has 5 nitrogen and oxygen atoms in total. The number of amides is 1. The van der Waals surface area contributed by atoms with Crippen LogP contribution in [0.3, 0.4) is 0 Å². The summed E-state index contributed by atoms with van der Waals surface area (Å²) in [6, 6.07) is 7.91. The van der Waals surface area contributed by atoms with Crippen LogP contribution in [0.5, 0.6) is 0 Å². The summed E-state index contributed by atoms with van der Waals surface area (Å²) < 4.78 is 0. The highest BCUT2D eigenvalue weighted by Gasteiger charge is 2.29. The number of nitrogens with zero attached hydrogens (tertiary/aromatic N) is 3. The van der Waals surface area contributed by atoms with E-state index >= 15 is 0 Å². The summed E-state index contributed by atoms with van der Waals surface area (Å²) in [4.78, 5) is 20.6. The summed E-state index contributed by atoms with van der Waals surface area (Å²) in [5.41, 5.74) is 1.91. The first kappa shape index (κ1) is 24.7. The molecular weight excluding hydrogens is 463 g/mol. The van der Waals surface area contributed by atoms with Gasteiger partial charge in [0.2, 0.25) is 0 Å². The highest BCUT2D eigenvalue weighted by Crippen LogP contribution is 2.28. The van der Waals surface area contributed by atoms with Crippen LogP contribution in [0.25, 0.3) is 0 Å². The number of rotatable bonds is 7. The smallest absolute Gasteiger partial charge is 0.253 e. The number of benzene rings is 1. The second kappa shape index (κ2) is 12.3. The number of nitrogens with one attached hydrogen (secondary N) is 1. The molecule has 2 rings (SSSR count). The van der Waals surface area contributed by atoms with Gasteiger partial charge in [-0.3, -0.25) is 9.79 Å². The first-order chi connectivity index (χ1) is 13.0. The summed E-state index contributed by atoms with van der Waals surface area (Å²) in [5, 5.41) is 3.51. The van der Waals surface area contributed by atoms with Crippen LogP contribution in [-0.4, -0.2) is 62.4 Å². The van der Waals surface area contributed by atoms with Crippen LogP contribution < -0.4 is 5.32 Å². The highest BCUT2D eigenvalue weighted by atomic mass is 127. The van der Waals surface area contributed by atoms with E-state index in [1.54, 1.807) is 19.0 Å². The molecule has 6 heteroatoms. The van der Waals surface area contributed by atoms with E-state index in [0.29, 0.717) is 0 Å². The van der Waals surface area contributed by atoms with Crippen molar-refractivity contribution < 1.29 is 4.79 Å². The Balaban J connectivity index is 0.00000392. The number of hydrogen-bond donors (Lipinski definition) is 1. The molecule has 0 saturated carbocycles. The Labute approximate surface area is 188 Å². The lowest BCUT2D eigenvalue weighted by Crippen LogP contribution is -2.41. The van der Waals surface area contributed by atoms with E-state index in [1.807, 2.05) is 25.2 Å². The fourth-order valence-corrected chi connectivity index (χ4v) is 4.09. The maximum Gasteiger partial charge on any atom is 0.253 e. The Morgan fingerprint density at radius 1 is 1.32 bits per heavy atom. The van der Waals surface area contributed by atoms with Crippen molar-refractivity contribution in [2.24, 2.45) is 16.8 Å². The van der Waals surface area contributed by atoms with Gasteiger partial charge in [-0.05, 0) is 42.4 Å². The third kappa shape index (κ3) is 6.64. The quantitative estimate of drug-likeness (QED) is 0.351. The van der Waals surface area contributed by atoms with E-state index in [4.69, 9.17) is 0 Å². The molecule has 1 atom stereocenters. The third-order valence-electron chi connectivity index (χ3n) is 5.73. The summed E-state index contributed by atoms with van der Waals surface area (Å²) in [6.07, 6.45) is 4.67. The number of likely N-dealkylation sites (tertiary alicyclic amines) is 1. The number of guanidine groups is 1. The van der Waals surface area contributed by atoms with Crippen molar-refractivity contribution in [3.05, 3.63) is 35.4 Å². The Kier molecular flexibility index (Phi) is 10.9. The molecule has 1 unspecified atom stereocenters. The highest BCUT2D eigenvalue weighted by molar-refractivity contribution is 14.0. The molecule has 1 aliphatic heterocycles. The van der Waals surface area contributed by atoms with Crippen molar-refractivity contribution in [2.45, 2.75) is 39.5 Å². The van der Waals surface area contributed by atoms with E-state index in [9.17, 15) is 4.79 Å². The van der Waals surface area contributed by atoms with Crippen molar-refractivity contribution in [2.75, 3.05) is 40.8 Å². The molecule has 1 aromatic carbocycles. The first-order valence-corrected chi connectivity index (χ1v) is 10.3. The van der Waals surface area contributed by atoms with Gasteiger partial charge < -0.3 is 15.1 Å². The lowest BCUT2D eigenvalue weighted by atomic mass is 9.87. The van der Waals surface area contributed by atoms with Crippen molar-refractivity contribution >= 4 is 35.8 Å². The first-order valence-electron chi connectivity index (χ1n) is 10.3. The Morgan fingerprint density at radius 3 is 2.64 bits per heavy atom. The average Bonchev–Trinajstić information content (AvgIpc) is 3.15. The monoisotopic (exact) mass is 500 g/mol. The van der Waals surface area contributed by atoms with Gasteiger partial charge in [0, 0.05) is 46.3 Å². The molecule has 0 spiro atoms. The molecule has 0 aromatic heterocycles. The van der Waals surface area contributed by atoms with E-state index in [1.165, 1.54) is 24.8 Å². The minimum absolute atomic E-state index is 0. The Hall–Kier alpha value is -1.31. The zero-order valence-corrected chi connectivity index (χ0v) is 20.4. The van der Waals surface area contributed by atoms with Gasteiger partial charge in [0.1, 0.15) is 0 Å². The van der Waals surface area contributed by atoms with Gasteiger partial charge in [-0.2, -0.15) is 0 Å². The number of carbonyl (C=O) groups excluding carboxylic acids is 1. The molecule has 1 saturated heterocycles. The molecule has 0 aliphatic carbocycles. The molecule has 28 heavy (non-hydrogen) atoms. The minimum atomic E-state index is 0. The molecule has 1 fully saturated rings. The fraction of sp³-hybridized carbons (Fsp3) is 0.636. The van der Waals surface area contributed by atoms with E-state index in [2.05, 4.69) is 35.1 Å². The molecule has 0 radical (unpaired) electrons. The van der Waals surface area contributed by atoms with Gasteiger partial charge in [0.25, 0.3) is 5.91 Å². The molecule has 1 heterocycles. The number of hydrogen-bond acceptors (Lipinski definition) is 2. The van der Waals surface area contributed by atoms with Gasteiger partial charge >= 0.3 is 0 Å². The van der Waals surface area contributed by atoms with Gasteiger partial charge in [-0.1, -0.05) is 38.8 Å². The summed E-state index contributed by atoms with van der Waals surface area (Å²) in [7, 11) is 5.43. The summed E-state index contributed by atoms with van der Waals surface area (Å²) in [6.45, 7) is 7.63. The molecule has 1 N–H and O–H groups in total. The predicted molar refractivity (Wildman–Crippen MR) is 129 cm³/mol. The number of aliphatic imine (C=N–C) groups is 1. The molecule has 1 aromatic rings. The maximum atomic E-state index is 12.1. The van der Waals surface area contributed by atoms with Gasteiger partial charge in [0.15, 0.2) is 5.96 Å². The largest absolute Gasteiger partial charge is 0.356 e. The minimum Gasteiger partial charge on any atom is -0.356 e. The molecule has 1 aliphatic rings. The Bertz CT molecular complexity index is 643. The molecule has 1 amide bonds. The van der Waals surface area contributed by atoms with Gasteiger partial charge in [-0.25, -0.2) is 0 Å². The fourth-order valence-electron chi connectivity index (χ4n) is 4.09. The van der Waals surface area contributed by atoms with Crippen molar-refractivity contribution in [3.63, 3.8) is 0 Å². The van der Waals surface area contributed by atoms with Crippen molar-refractivity contribution in [1.82, 2.24) is 15.1 Å². The van der Waals surface area contributed by atoms with Crippen LogP contribution in [0.15, 0.2) is 29.3 Å². The SMILES string of the molecule is CCC(CC)C1CCN(C(=NC)NCCc2cccc(C(=O)N(C)C)c2)C1.I. The van der Waals surface area contributed by atoms with E-state index < -0.39 is 0 Å². The average molecular weight is 500 g/mol. The topological polar surface area (TPSA) is 47.9 Å². The predicted octanol–water partition coefficient (Wildman–Crippen LogP) is 3.88. The zero-order chi connectivity index (χ0) is 19.8. The second-order valence-electron chi connectivity index (χ2n) is 7.70. The van der Waals surface area contributed by atoms with Crippen LogP contribution in [-0.2, 0) is 6.42 Å². The normalized spacial score (nSPS) is 16.9. The van der Waals surface area contributed by atoms with Crippen LogP contribution in [0.1, 0.15) is 49.0 Å². The molecule has 158 valence electrons.